The van der Waals surface area contributed by atoms with Crippen LogP contribution in [0.15, 0.2) is 54.1 Å². The first kappa shape index (κ1) is 22.8. The topological polar surface area (TPSA) is 89.8 Å². The zero-order chi connectivity index (χ0) is 23.7. The Morgan fingerprint density at radius 1 is 1.12 bits per heavy atom. The minimum absolute atomic E-state index is 0.135. The van der Waals surface area contributed by atoms with Gasteiger partial charge in [-0.2, -0.15) is 0 Å². The fourth-order valence-electron chi connectivity index (χ4n) is 8.16. The van der Waals surface area contributed by atoms with Crippen molar-refractivity contribution in [2.45, 2.75) is 64.4 Å². The molecular weight excluding hydrogens is 414 g/mol. The summed E-state index contributed by atoms with van der Waals surface area (Å²) < 4.78 is 0. The van der Waals surface area contributed by atoms with Crippen LogP contribution in [0.2, 0.25) is 0 Å². The molecule has 1 aromatic carbocycles. The van der Waals surface area contributed by atoms with Gasteiger partial charge in [-0.1, -0.05) is 62.4 Å². The number of nitrogens with one attached hydrogen (secondary N) is 1. The number of carbonyl (C=O) groups is 1. The summed E-state index contributed by atoms with van der Waals surface area (Å²) >= 11 is 0. The highest BCUT2D eigenvalue weighted by Gasteiger charge is 2.75. The summed E-state index contributed by atoms with van der Waals surface area (Å²) in [5, 5.41) is 38.0. The Labute approximate surface area is 196 Å². The highest BCUT2D eigenvalue weighted by Crippen LogP contribution is 2.66. The molecule has 1 heterocycles. The third-order valence-electron chi connectivity index (χ3n) is 9.34. The maximum Gasteiger partial charge on any atom is 0.229 e. The molecule has 3 aliphatic carbocycles. The number of fused-ring (bicyclic) bond motifs is 2. The molecule has 4 aliphatic rings. The van der Waals surface area contributed by atoms with Crippen molar-refractivity contribution in [1.82, 2.24) is 5.32 Å². The molecule has 0 radical (unpaired) electrons. The molecule has 1 spiro atoms. The van der Waals surface area contributed by atoms with E-state index in [1.165, 1.54) is 5.57 Å². The second kappa shape index (κ2) is 8.07. The van der Waals surface area contributed by atoms with Crippen LogP contribution in [-0.2, 0) is 11.2 Å². The summed E-state index contributed by atoms with van der Waals surface area (Å²) in [5.41, 5.74) is 1.88. The summed E-state index contributed by atoms with van der Waals surface area (Å²) in [6.07, 6.45) is 1.63. The van der Waals surface area contributed by atoms with Crippen molar-refractivity contribution in [2.75, 3.05) is 0 Å². The quantitative estimate of drug-likeness (QED) is 0.521. The number of hydrogen-bond donors (Lipinski definition) is 4. The molecule has 3 fully saturated rings. The second-order valence-corrected chi connectivity index (χ2v) is 11.3. The number of aliphatic hydroxyl groups excluding tert-OH is 3. The molecule has 5 rings (SSSR count). The summed E-state index contributed by atoms with van der Waals surface area (Å²) in [6, 6.07) is 9.92. The fourth-order valence-corrected chi connectivity index (χ4v) is 8.16. The summed E-state index contributed by atoms with van der Waals surface area (Å²) in [5.74, 6) is -1.53. The van der Waals surface area contributed by atoms with E-state index in [-0.39, 0.29) is 35.6 Å². The van der Waals surface area contributed by atoms with Crippen molar-refractivity contribution in [3.63, 3.8) is 0 Å². The normalized spacial score (nSPS) is 48.6. The summed E-state index contributed by atoms with van der Waals surface area (Å²) in [4.78, 5) is 13.9. The number of carbonyl (C=O) groups excluding carboxylic acids is 1. The van der Waals surface area contributed by atoms with Crippen LogP contribution in [0.5, 0.6) is 0 Å². The lowest BCUT2D eigenvalue weighted by Crippen LogP contribution is -2.58. The van der Waals surface area contributed by atoms with Gasteiger partial charge in [-0.3, -0.25) is 4.79 Å². The van der Waals surface area contributed by atoms with E-state index in [0.717, 1.165) is 12.0 Å². The zero-order valence-electron chi connectivity index (χ0n) is 19.8. The lowest BCUT2D eigenvalue weighted by molar-refractivity contribution is -0.150. The van der Waals surface area contributed by atoms with Crippen molar-refractivity contribution in [3.05, 3.63) is 59.7 Å². The number of amides is 1. The number of aliphatic hydroxyl groups is 3. The van der Waals surface area contributed by atoms with E-state index >= 15 is 0 Å². The van der Waals surface area contributed by atoms with Crippen molar-refractivity contribution in [3.8, 4) is 0 Å². The zero-order valence-corrected chi connectivity index (χ0v) is 19.8. The van der Waals surface area contributed by atoms with E-state index in [1.807, 2.05) is 25.1 Å². The molecule has 11 atom stereocenters. The number of benzene rings is 1. The molecular formula is C28H37NO4. The van der Waals surface area contributed by atoms with Gasteiger partial charge in [0.15, 0.2) is 0 Å². The van der Waals surface area contributed by atoms with Crippen LogP contribution in [0.25, 0.3) is 0 Å². The van der Waals surface area contributed by atoms with E-state index in [1.54, 1.807) is 0 Å². The fraction of sp³-hybridized carbons (Fsp3) is 0.607. The SMILES string of the molecule is C=C1[C@@H](C)[C@H]2[C@H](Cc3ccccc3)NC(=O)[C@@]23[C@@H]([C@@H]2[C@H](/C=C(/C)C[C@@H](C)C[C@H]2O)[C@H]3O)[C@@H]1O. The third-order valence-corrected chi connectivity index (χ3v) is 9.34. The van der Waals surface area contributed by atoms with Gasteiger partial charge < -0.3 is 20.6 Å². The highest BCUT2D eigenvalue weighted by atomic mass is 16.3. The highest BCUT2D eigenvalue weighted by molar-refractivity contribution is 5.88. The largest absolute Gasteiger partial charge is 0.393 e. The van der Waals surface area contributed by atoms with E-state index < -0.39 is 29.6 Å². The Bertz CT molecular complexity index is 973. The number of allylic oxidation sites excluding steroid dienone is 1. The number of rotatable bonds is 2. The van der Waals surface area contributed by atoms with Gasteiger partial charge in [-0.15, -0.1) is 0 Å². The van der Waals surface area contributed by atoms with E-state index in [2.05, 4.69) is 44.0 Å². The number of hydrogen-bond acceptors (Lipinski definition) is 4. The van der Waals surface area contributed by atoms with Gasteiger partial charge >= 0.3 is 0 Å². The molecule has 5 heteroatoms. The van der Waals surface area contributed by atoms with E-state index in [0.29, 0.717) is 24.3 Å². The van der Waals surface area contributed by atoms with Crippen molar-refractivity contribution in [2.24, 2.45) is 40.9 Å². The van der Waals surface area contributed by atoms with Crippen LogP contribution < -0.4 is 5.32 Å². The van der Waals surface area contributed by atoms with Crippen molar-refractivity contribution >= 4 is 5.91 Å². The molecule has 5 nitrogen and oxygen atoms in total. The predicted octanol–water partition coefficient (Wildman–Crippen LogP) is 2.86. The molecule has 2 saturated carbocycles. The van der Waals surface area contributed by atoms with Crippen LogP contribution >= 0.6 is 0 Å². The van der Waals surface area contributed by atoms with Crippen LogP contribution in [0.1, 0.15) is 39.2 Å². The molecule has 1 aromatic rings. The Morgan fingerprint density at radius 3 is 2.52 bits per heavy atom. The maximum atomic E-state index is 13.9. The average Bonchev–Trinajstić information content (AvgIpc) is 3.18. The lowest BCUT2D eigenvalue weighted by atomic mass is 9.53. The van der Waals surface area contributed by atoms with Crippen LogP contribution in [-0.4, -0.2) is 45.6 Å². The lowest BCUT2D eigenvalue weighted by Gasteiger charge is -2.50. The predicted molar refractivity (Wildman–Crippen MR) is 127 cm³/mol. The molecule has 1 aliphatic heterocycles. The van der Waals surface area contributed by atoms with Crippen LogP contribution in [0.3, 0.4) is 0 Å². The summed E-state index contributed by atoms with van der Waals surface area (Å²) in [6.45, 7) is 10.5. The molecule has 178 valence electrons. The molecule has 0 unspecified atom stereocenters. The standard InChI is InChI=1S/C28H37NO4/c1-14-10-15(2)12-21(30)22-19(11-14)26(32)28-23(16(3)17(4)25(31)24(22)28)20(29-27(28)33)13-18-8-6-5-7-9-18/h5-9,11,15-16,19-26,30-32H,4,10,12-13H2,1-3H3,(H,29,33)/b14-11-/t15-,16-,19+,20+,21-,22-,23+,24+,25-,26-,28-/m1/s1. The van der Waals surface area contributed by atoms with Gasteiger partial charge in [0.1, 0.15) is 0 Å². The molecule has 33 heavy (non-hydrogen) atoms. The molecule has 0 aromatic heterocycles. The van der Waals surface area contributed by atoms with Gasteiger partial charge in [-0.25, -0.2) is 0 Å². The molecule has 1 saturated heterocycles. The Balaban J connectivity index is 1.64. The first-order valence-electron chi connectivity index (χ1n) is 12.4. The third kappa shape index (κ3) is 3.19. The first-order valence-corrected chi connectivity index (χ1v) is 12.4. The van der Waals surface area contributed by atoms with E-state index in [4.69, 9.17) is 0 Å². The smallest absolute Gasteiger partial charge is 0.229 e. The van der Waals surface area contributed by atoms with Crippen molar-refractivity contribution in [1.29, 1.82) is 0 Å². The second-order valence-electron chi connectivity index (χ2n) is 11.3. The van der Waals surface area contributed by atoms with Gasteiger partial charge in [-0.05, 0) is 49.2 Å². The Hall–Kier alpha value is -1.95. The van der Waals surface area contributed by atoms with Crippen LogP contribution in [0, 0.1) is 40.9 Å². The van der Waals surface area contributed by atoms with E-state index in [9.17, 15) is 20.1 Å². The first-order chi connectivity index (χ1) is 15.7. The Kier molecular flexibility index (Phi) is 5.58. The average molecular weight is 452 g/mol. The minimum atomic E-state index is -1.14. The minimum Gasteiger partial charge on any atom is -0.393 e. The Morgan fingerprint density at radius 2 is 1.82 bits per heavy atom. The van der Waals surface area contributed by atoms with Gasteiger partial charge in [0.25, 0.3) is 0 Å². The molecule has 0 bridgehead atoms. The van der Waals surface area contributed by atoms with Gasteiger partial charge in [0.2, 0.25) is 5.91 Å². The van der Waals surface area contributed by atoms with Crippen molar-refractivity contribution < 1.29 is 20.1 Å². The van der Waals surface area contributed by atoms with Gasteiger partial charge in [0, 0.05) is 29.7 Å². The monoisotopic (exact) mass is 451 g/mol. The van der Waals surface area contributed by atoms with Gasteiger partial charge in [0.05, 0.1) is 23.7 Å². The maximum absolute atomic E-state index is 13.9. The summed E-state index contributed by atoms with van der Waals surface area (Å²) in [7, 11) is 0. The molecule has 1 amide bonds. The molecule has 4 N–H and O–H groups in total. The van der Waals surface area contributed by atoms with Crippen LogP contribution in [0.4, 0.5) is 0 Å².